The topological polar surface area (TPSA) is 89.3 Å². The smallest absolute Gasteiger partial charge is 0.325 e. The lowest BCUT2D eigenvalue weighted by molar-refractivity contribution is -0.132. The van der Waals surface area contributed by atoms with E-state index in [1.165, 1.54) is 0 Å². The minimum Gasteiger partial charge on any atom is -0.340 e. The summed E-state index contributed by atoms with van der Waals surface area (Å²) in [5.41, 5.74) is 0.0936. The molecule has 110 valence electrons. The van der Waals surface area contributed by atoms with Crippen LogP contribution in [0.15, 0.2) is 9.59 Å². The van der Waals surface area contributed by atoms with E-state index in [0.717, 1.165) is 26.2 Å². The van der Waals surface area contributed by atoms with E-state index in [9.17, 15) is 14.4 Å². The first kappa shape index (κ1) is 14.5. The number of nitrogens with zero attached hydrogens (tertiary/aromatic N) is 2. The molecule has 2 rings (SSSR count). The molecule has 0 aromatic carbocycles. The van der Waals surface area contributed by atoms with Crippen molar-refractivity contribution in [2.75, 3.05) is 33.2 Å². The first-order chi connectivity index (χ1) is 9.47. The predicted octanol–water partition coefficient (Wildman–Crippen LogP) is -0.922. The SMILES string of the molecule is Cc1[nH]c(=O)[nH]c(=O)c1CCC(=O)N1CCN(C)CC1. The van der Waals surface area contributed by atoms with Crippen LogP contribution in [-0.2, 0) is 11.2 Å². The number of carbonyl (C=O) groups excluding carboxylic acids is 1. The zero-order valence-corrected chi connectivity index (χ0v) is 11.9. The van der Waals surface area contributed by atoms with Crippen LogP contribution in [0, 0.1) is 6.92 Å². The van der Waals surface area contributed by atoms with Crippen LogP contribution < -0.4 is 11.2 Å². The summed E-state index contributed by atoms with van der Waals surface area (Å²) in [4.78, 5) is 43.6. The van der Waals surface area contributed by atoms with Gasteiger partial charge < -0.3 is 14.8 Å². The van der Waals surface area contributed by atoms with Crippen LogP contribution in [-0.4, -0.2) is 58.9 Å². The predicted molar refractivity (Wildman–Crippen MR) is 74.8 cm³/mol. The summed E-state index contributed by atoms with van der Waals surface area (Å²) in [5, 5.41) is 0. The minimum absolute atomic E-state index is 0.0584. The van der Waals surface area contributed by atoms with Gasteiger partial charge in [0.05, 0.1) is 0 Å². The van der Waals surface area contributed by atoms with Crippen LogP contribution in [0.25, 0.3) is 0 Å². The Morgan fingerprint density at radius 2 is 1.80 bits per heavy atom. The average molecular weight is 280 g/mol. The number of piperazine rings is 1. The summed E-state index contributed by atoms with van der Waals surface area (Å²) in [7, 11) is 2.03. The molecule has 1 aromatic rings. The van der Waals surface area contributed by atoms with Gasteiger partial charge in [-0.15, -0.1) is 0 Å². The fourth-order valence-corrected chi connectivity index (χ4v) is 2.37. The Morgan fingerprint density at radius 1 is 1.15 bits per heavy atom. The number of nitrogens with one attached hydrogen (secondary N) is 2. The summed E-state index contributed by atoms with van der Waals surface area (Å²) in [6.07, 6.45) is 0.642. The van der Waals surface area contributed by atoms with Crippen molar-refractivity contribution >= 4 is 5.91 Å². The quantitative estimate of drug-likeness (QED) is 0.749. The van der Waals surface area contributed by atoms with Gasteiger partial charge in [-0.25, -0.2) is 4.79 Å². The monoisotopic (exact) mass is 280 g/mol. The van der Waals surface area contributed by atoms with E-state index in [-0.39, 0.29) is 5.91 Å². The number of likely N-dealkylation sites (N-methyl/N-ethyl adjacent to an activating group) is 1. The van der Waals surface area contributed by atoms with Crippen LogP contribution in [0.4, 0.5) is 0 Å². The van der Waals surface area contributed by atoms with Crippen molar-refractivity contribution in [3.05, 3.63) is 32.1 Å². The Bertz CT molecular complexity index is 596. The fourth-order valence-electron chi connectivity index (χ4n) is 2.37. The van der Waals surface area contributed by atoms with Crippen LogP contribution >= 0.6 is 0 Å². The number of aryl methyl sites for hydroxylation is 1. The lowest BCUT2D eigenvalue weighted by Crippen LogP contribution is -2.47. The second-order valence-corrected chi connectivity index (χ2v) is 5.20. The molecule has 1 aliphatic rings. The Kier molecular flexibility index (Phi) is 4.39. The van der Waals surface area contributed by atoms with Gasteiger partial charge in [0.25, 0.3) is 5.56 Å². The zero-order chi connectivity index (χ0) is 14.7. The standard InChI is InChI=1S/C13H20N4O3/c1-9-10(12(19)15-13(20)14-9)3-4-11(18)17-7-5-16(2)6-8-17/h3-8H2,1-2H3,(H2,14,15,19,20). The molecule has 7 nitrogen and oxygen atoms in total. The van der Waals surface area contributed by atoms with E-state index in [2.05, 4.69) is 14.9 Å². The number of H-pyrrole nitrogens is 2. The third-order valence-corrected chi connectivity index (χ3v) is 3.70. The van der Waals surface area contributed by atoms with Crippen molar-refractivity contribution in [2.24, 2.45) is 0 Å². The zero-order valence-electron chi connectivity index (χ0n) is 11.9. The Hall–Kier alpha value is -1.89. The summed E-state index contributed by atoms with van der Waals surface area (Å²) in [6.45, 7) is 4.90. The van der Waals surface area contributed by atoms with Gasteiger partial charge in [0, 0.05) is 43.9 Å². The molecule has 2 N–H and O–H groups in total. The number of hydrogen-bond donors (Lipinski definition) is 2. The maximum atomic E-state index is 12.1. The number of amides is 1. The van der Waals surface area contributed by atoms with Gasteiger partial charge in [-0.2, -0.15) is 0 Å². The molecule has 0 aliphatic carbocycles. The number of aromatic amines is 2. The lowest BCUT2D eigenvalue weighted by atomic mass is 10.1. The van der Waals surface area contributed by atoms with Gasteiger partial charge >= 0.3 is 5.69 Å². The van der Waals surface area contributed by atoms with Gasteiger partial charge in [-0.05, 0) is 20.4 Å². The maximum absolute atomic E-state index is 12.1. The second-order valence-electron chi connectivity index (χ2n) is 5.20. The fraction of sp³-hybridized carbons (Fsp3) is 0.615. The lowest BCUT2D eigenvalue weighted by Gasteiger charge is -2.32. The van der Waals surface area contributed by atoms with Gasteiger partial charge in [0.1, 0.15) is 0 Å². The van der Waals surface area contributed by atoms with Crippen LogP contribution in [0.3, 0.4) is 0 Å². The summed E-state index contributed by atoms with van der Waals surface area (Å²) in [6, 6.07) is 0. The highest BCUT2D eigenvalue weighted by Gasteiger charge is 2.19. The first-order valence-electron chi connectivity index (χ1n) is 6.76. The number of hydrogen-bond acceptors (Lipinski definition) is 4. The van der Waals surface area contributed by atoms with Gasteiger partial charge in [0.2, 0.25) is 5.91 Å². The van der Waals surface area contributed by atoms with E-state index in [1.54, 1.807) is 6.92 Å². The van der Waals surface area contributed by atoms with E-state index in [4.69, 9.17) is 0 Å². The Labute approximate surface area is 116 Å². The Morgan fingerprint density at radius 3 is 2.40 bits per heavy atom. The molecular weight excluding hydrogens is 260 g/mol. The molecule has 0 radical (unpaired) electrons. The molecule has 1 aromatic heterocycles. The molecule has 0 bridgehead atoms. The molecule has 0 atom stereocenters. The van der Waals surface area contributed by atoms with E-state index in [1.807, 2.05) is 11.9 Å². The van der Waals surface area contributed by atoms with Crippen molar-refractivity contribution in [3.63, 3.8) is 0 Å². The molecule has 7 heteroatoms. The van der Waals surface area contributed by atoms with E-state index in [0.29, 0.717) is 24.1 Å². The van der Waals surface area contributed by atoms with Crippen molar-refractivity contribution < 1.29 is 4.79 Å². The van der Waals surface area contributed by atoms with Gasteiger partial charge in [-0.3, -0.25) is 14.6 Å². The van der Waals surface area contributed by atoms with E-state index < -0.39 is 11.2 Å². The average Bonchev–Trinajstić information content (AvgIpc) is 2.38. The molecule has 0 spiro atoms. The van der Waals surface area contributed by atoms with Crippen LogP contribution in [0.1, 0.15) is 17.7 Å². The highest BCUT2D eigenvalue weighted by molar-refractivity contribution is 5.76. The first-order valence-corrected chi connectivity index (χ1v) is 6.76. The third-order valence-electron chi connectivity index (χ3n) is 3.70. The maximum Gasteiger partial charge on any atom is 0.325 e. The highest BCUT2D eigenvalue weighted by atomic mass is 16.2. The van der Waals surface area contributed by atoms with E-state index >= 15 is 0 Å². The summed E-state index contributed by atoms with van der Waals surface area (Å²) >= 11 is 0. The highest BCUT2D eigenvalue weighted by Crippen LogP contribution is 2.06. The number of rotatable bonds is 3. The molecule has 1 saturated heterocycles. The second kappa shape index (κ2) is 6.04. The molecule has 2 heterocycles. The van der Waals surface area contributed by atoms with Crippen molar-refractivity contribution in [3.8, 4) is 0 Å². The Balaban J connectivity index is 1.97. The summed E-state index contributed by atoms with van der Waals surface area (Å²) < 4.78 is 0. The molecule has 20 heavy (non-hydrogen) atoms. The summed E-state index contributed by atoms with van der Waals surface area (Å²) in [5.74, 6) is 0.0584. The minimum atomic E-state index is -0.512. The van der Waals surface area contributed by atoms with Crippen molar-refractivity contribution in [1.29, 1.82) is 0 Å². The third kappa shape index (κ3) is 3.36. The normalized spacial score (nSPS) is 16.4. The molecule has 1 fully saturated rings. The largest absolute Gasteiger partial charge is 0.340 e. The van der Waals surface area contributed by atoms with Gasteiger partial charge in [0.15, 0.2) is 0 Å². The molecular formula is C13H20N4O3. The van der Waals surface area contributed by atoms with Crippen LogP contribution in [0.2, 0.25) is 0 Å². The van der Waals surface area contributed by atoms with Crippen molar-refractivity contribution in [2.45, 2.75) is 19.8 Å². The van der Waals surface area contributed by atoms with Crippen LogP contribution in [0.5, 0.6) is 0 Å². The molecule has 1 amide bonds. The molecule has 1 aliphatic heterocycles. The number of carbonyl (C=O) groups is 1. The van der Waals surface area contributed by atoms with Gasteiger partial charge in [-0.1, -0.05) is 0 Å². The molecule has 0 saturated carbocycles. The van der Waals surface area contributed by atoms with Crippen molar-refractivity contribution in [1.82, 2.24) is 19.8 Å². The molecule has 0 unspecified atom stereocenters. The number of aromatic nitrogens is 2.